The van der Waals surface area contributed by atoms with Crippen molar-refractivity contribution in [3.63, 3.8) is 0 Å². The van der Waals surface area contributed by atoms with Crippen molar-refractivity contribution in [3.05, 3.63) is 99.3 Å². The molecule has 34 heavy (non-hydrogen) atoms. The summed E-state index contributed by atoms with van der Waals surface area (Å²) in [6, 6.07) is 14.6. The summed E-state index contributed by atoms with van der Waals surface area (Å²) in [7, 11) is 0. The van der Waals surface area contributed by atoms with Gasteiger partial charge < -0.3 is 9.84 Å². The lowest BCUT2D eigenvalue weighted by Gasteiger charge is -2.26. The summed E-state index contributed by atoms with van der Waals surface area (Å²) in [6.45, 7) is 6.01. The first-order valence-corrected chi connectivity index (χ1v) is 11.2. The minimum absolute atomic E-state index is 0.0976. The Labute approximate surface area is 202 Å². The van der Waals surface area contributed by atoms with Crippen molar-refractivity contribution in [3.8, 4) is 5.75 Å². The van der Waals surface area contributed by atoms with Crippen LogP contribution in [0.15, 0.2) is 66.2 Å². The van der Waals surface area contributed by atoms with Crippen molar-refractivity contribution in [1.82, 2.24) is 0 Å². The first-order valence-electron chi connectivity index (χ1n) is 10.8. The molecule has 0 saturated carbocycles. The van der Waals surface area contributed by atoms with E-state index in [1.807, 2.05) is 26.0 Å². The number of ketones is 1. The van der Waals surface area contributed by atoms with Crippen LogP contribution in [-0.4, -0.2) is 23.4 Å². The van der Waals surface area contributed by atoms with Crippen molar-refractivity contribution < 1.29 is 23.8 Å². The van der Waals surface area contributed by atoms with E-state index in [4.69, 9.17) is 16.3 Å². The quantitative estimate of drug-likeness (QED) is 0.272. The highest BCUT2D eigenvalue weighted by atomic mass is 35.5. The molecule has 5 nitrogen and oxygen atoms in total. The van der Waals surface area contributed by atoms with Gasteiger partial charge in [-0.05, 0) is 79.9 Å². The number of aliphatic hydroxyl groups is 1. The molecule has 1 fully saturated rings. The van der Waals surface area contributed by atoms with Crippen molar-refractivity contribution >= 4 is 34.7 Å². The maximum atomic E-state index is 13.7. The Bertz CT molecular complexity index is 1320. The zero-order chi connectivity index (χ0) is 24.6. The lowest BCUT2D eigenvalue weighted by Crippen LogP contribution is -2.29. The number of rotatable bonds is 5. The van der Waals surface area contributed by atoms with Crippen molar-refractivity contribution in [2.45, 2.75) is 26.8 Å². The van der Waals surface area contributed by atoms with Crippen molar-refractivity contribution in [2.24, 2.45) is 0 Å². The third kappa shape index (κ3) is 4.17. The second-order valence-corrected chi connectivity index (χ2v) is 8.47. The summed E-state index contributed by atoms with van der Waals surface area (Å²) >= 11 is 6.17. The van der Waals surface area contributed by atoms with Crippen LogP contribution in [0.4, 0.5) is 10.1 Å². The standard InChI is InChI=1S/C27H23ClFNO4/c1-4-34-22-14-18(8-12-21(22)28)25(31)23-24(17-6-9-19(29)10-7-17)30(27(33)26(23)32)20-11-5-15(2)16(3)13-20/h5-14,24,31H,4H2,1-3H3/b25-23+. The lowest BCUT2D eigenvalue weighted by molar-refractivity contribution is -0.132. The number of hydrogen-bond acceptors (Lipinski definition) is 4. The Balaban J connectivity index is 1.94. The van der Waals surface area contributed by atoms with Crippen LogP contribution in [-0.2, 0) is 9.59 Å². The monoisotopic (exact) mass is 479 g/mol. The minimum Gasteiger partial charge on any atom is -0.507 e. The molecule has 1 amide bonds. The molecule has 0 spiro atoms. The zero-order valence-corrected chi connectivity index (χ0v) is 19.7. The fourth-order valence-electron chi connectivity index (χ4n) is 4.01. The highest BCUT2D eigenvalue weighted by molar-refractivity contribution is 6.51. The number of anilines is 1. The highest BCUT2D eigenvalue weighted by Crippen LogP contribution is 2.43. The van der Waals surface area contributed by atoms with E-state index >= 15 is 0 Å². The number of benzene rings is 3. The number of hydrogen-bond donors (Lipinski definition) is 1. The molecule has 0 aromatic heterocycles. The molecule has 4 rings (SSSR count). The number of amides is 1. The molecule has 0 radical (unpaired) electrons. The molecule has 0 bridgehead atoms. The second-order valence-electron chi connectivity index (χ2n) is 8.07. The third-order valence-corrected chi connectivity index (χ3v) is 6.22. The number of aliphatic hydroxyl groups excluding tert-OH is 1. The van der Waals surface area contributed by atoms with Gasteiger partial charge >= 0.3 is 0 Å². The Hall–Kier alpha value is -3.64. The van der Waals surface area contributed by atoms with Crippen LogP contribution in [0.1, 0.15) is 35.2 Å². The van der Waals surface area contributed by atoms with Gasteiger partial charge in [-0.1, -0.05) is 29.8 Å². The van der Waals surface area contributed by atoms with Gasteiger partial charge in [0.25, 0.3) is 11.7 Å². The number of nitrogens with zero attached hydrogens (tertiary/aromatic N) is 1. The predicted molar refractivity (Wildman–Crippen MR) is 130 cm³/mol. The first-order chi connectivity index (χ1) is 16.2. The molecule has 3 aromatic rings. The Morgan fingerprint density at radius 2 is 1.74 bits per heavy atom. The van der Waals surface area contributed by atoms with Crippen LogP contribution in [0, 0.1) is 19.7 Å². The average molecular weight is 480 g/mol. The van der Waals surface area contributed by atoms with E-state index in [0.717, 1.165) is 11.1 Å². The van der Waals surface area contributed by atoms with Crippen LogP contribution >= 0.6 is 11.6 Å². The Kier molecular flexibility index (Phi) is 6.44. The van der Waals surface area contributed by atoms with Crippen molar-refractivity contribution in [1.29, 1.82) is 0 Å². The molecule has 1 aliphatic heterocycles. The molecule has 7 heteroatoms. The summed E-state index contributed by atoms with van der Waals surface area (Å²) in [5.41, 5.74) is 3.14. The molecule has 3 aromatic carbocycles. The van der Waals surface area contributed by atoms with Gasteiger partial charge in [0.2, 0.25) is 0 Å². The third-order valence-electron chi connectivity index (χ3n) is 5.90. The van der Waals surface area contributed by atoms with E-state index < -0.39 is 23.5 Å². The van der Waals surface area contributed by atoms with Crippen molar-refractivity contribution in [2.75, 3.05) is 11.5 Å². The van der Waals surface area contributed by atoms with E-state index in [9.17, 15) is 19.1 Å². The van der Waals surface area contributed by atoms with Gasteiger partial charge in [-0.2, -0.15) is 0 Å². The Morgan fingerprint density at radius 1 is 1.03 bits per heavy atom. The highest BCUT2D eigenvalue weighted by Gasteiger charge is 2.47. The number of ether oxygens (including phenoxy) is 1. The second kappa shape index (κ2) is 9.31. The number of halogens is 2. The van der Waals surface area contributed by atoms with Gasteiger partial charge in [-0.15, -0.1) is 0 Å². The van der Waals surface area contributed by atoms with E-state index in [-0.39, 0.29) is 16.9 Å². The maximum absolute atomic E-state index is 13.7. The Morgan fingerprint density at radius 3 is 2.38 bits per heavy atom. The van der Waals surface area contributed by atoms with Gasteiger partial charge in [-0.25, -0.2) is 4.39 Å². The molecule has 1 atom stereocenters. The van der Waals surface area contributed by atoms with E-state index in [2.05, 4.69) is 0 Å². The fraction of sp³-hybridized carbons (Fsp3) is 0.185. The van der Waals surface area contributed by atoms with Gasteiger partial charge in [0, 0.05) is 11.3 Å². The minimum atomic E-state index is -0.950. The normalized spacial score (nSPS) is 17.3. The summed E-state index contributed by atoms with van der Waals surface area (Å²) in [6.07, 6.45) is 0. The number of carbonyl (C=O) groups is 2. The van der Waals surface area contributed by atoms with Gasteiger partial charge in [0.1, 0.15) is 17.3 Å². The molecule has 1 N–H and O–H groups in total. The smallest absolute Gasteiger partial charge is 0.300 e. The largest absolute Gasteiger partial charge is 0.507 e. The maximum Gasteiger partial charge on any atom is 0.300 e. The van der Waals surface area contributed by atoms with Crippen LogP contribution < -0.4 is 9.64 Å². The summed E-state index contributed by atoms with van der Waals surface area (Å²) in [4.78, 5) is 27.8. The molecular formula is C27H23ClFNO4. The van der Waals surface area contributed by atoms with Crippen LogP contribution in [0.25, 0.3) is 5.76 Å². The molecule has 1 heterocycles. The van der Waals surface area contributed by atoms with E-state index in [1.165, 1.54) is 35.2 Å². The topological polar surface area (TPSA) is 66.8 Å². The predicted octanol–water partition coefficient (Wildman–Crippen LogP) is 6.12. The van der Waals surface area contributed by atoms with E-state index in [1.54, 1.807) is 25.1 Å². The van der Waals surface area contributed by atoms with Crippen LogP contribution in [0.2, 0.25) is 5.02 Å². The van der Waals surface area contributed by atoms with Gasteiger partial charge in [0.15, 0.2) is 0 Å². The summed E-state index contributed by atoms with van der Waals surface area (Å²) in [5, 5.41) is 11.6. The van der Waals surface area contributed by atoms with Gasteiger partial charge in [-0.3, -0.25) is 14.5 Å². The number of carbonyl (C=O) groups excluding carboxylic acids is 2. The fourth-order valence-corrected chi connectivity index (χ4v) is 4.18. The van der Waals surface area contributed by atoms with Crippen LogP contribution in [0.5, 0.6) is 5.75 Å². The average Bonchev–Trinajstić information content (AvgIpc) is 3.08. The van der Waals surface area contributed by atoms with E-state index in [0.29, 0.717) is 28.6 Å². The summed E-state index contributed by atoms with van der Waals surface area (Å²) in [5.74, 6) is -2.09. The number of Topliss-reactive ketones (excluding diaryl/α,β-unsaturated/α-hetero) is 1. The lowest BCUT2D eigenvalue weighted by atomic mass is 9.95. The SMILES string of the molecule is CCOc1cc(/C(O)=C2\C(=O)C(=O)N(c3ccc(C)c(C)c3)C2c2ccc(F)cc2)ccc1Cl. The van der Waals surface area contributed by atoms with Gasteiger partial charge in [0.05, 0.1) is 23.2 Å². The molecular weight excluding hydrogens is 457 g/mol. The first kappa shape index (κ1) is 23.5. The molecule has 1 saturated heterocycles. The van der Waals surface area contributed by atoms with Crippen LogP contribution in [0.3, 0.4) is 0 Å². The molecule has 174 valence electrons. The number of aryl methyl sites for hydroxylation is 2. The summed E-state index contributed by atoms with van der Waals surface area (Å²) < 4.78 is 19.2. The zero-order valence-electron chi connectivity index (χ0n) is 18.9. The molecule has 1 unspecified atom stereocenters. The molecule has 1 aliphatic rings. The molecule has 0 aliphatic carbocycles.